The van der Waals surface area contributed by atoms with E-state index in [0.29, 0.717) is 34.7 Å². The van der Waals surface area contributed by atoms with Gasteiger partial charge in [-0.25, -0.2) is 4.39 Å². The van der Waals surface area contributed by atoms with Crippen molar-refractivity contribution in [1.29, 1.82) is 0 Å². The highest BCUT2D eigenvalue weighted by molar-refractivity contribution is 6.08. The predicted molar refractivity (Wildman–Crippen MR) is 109 cm³/mol. The summed E-state index contributed by atoms with van der Waals surface area (Å²) in [6, 6.07) is 19.9. The van der Waals surface area contributed by atoms with Gasteiger partial charge in [0, 0.05) is 23.5 Å². The Bertz CT molecular complexity index is 987. The van der Waals surface area contributed by atoms with Crippen molar-refractivity contribution in [1.82, 2.24) is 0 Å². The maximum absolute atomic E-state index is 13.1. The average molecular weight is 377 g/mol. The van der Waals surface area contributed by atoms with Crippen LogP contribution in [0.15, 0.2) is 72.8 Å². The van der Waals surface area contributed by atoms with E-state index in [4.69, 9.17) is 0 Å². The zero-order valence-corrected chi connectivity index (χ0v) is 15.3. The molecule has 3 rings (SSSR count). The van der Waals surface area contributed by atoms with E-state index >= 15 is 0 Å². The Kier molecular flexibility index (Phi) is 6.01. The number of amides is 2. The monoisotopic (exact) mass is 377 g/mol. The molecule has 0 fully saturated rings. The molecular formula is C22H20FN3O2. The van der Waals surface area contributed by atoms with Crippen molar-refractivity contribution in [3.05, 3.63) is 84.2 Å². The maximum Gasteiger partial charge on any atom is 0.257 e. The molecule has 0 bridgehead atoms. The first kappa shape index (κ1) is 19.1. The molecule has 6 heteroatoms. The van der Waals surface area contributed by atoms with Crippen LogP contribution in [0, 0.1) is 5.82 Å². The van der Waals surface area contributed by atoms with Gasteiger partial charge in [0.1, 0.15) is 5.82 Å². The number of halogens is 1. The van der Waals surface area contributed by atoms with Gasteiger partial charge in [-0.1, -0.05) is 25.1 Å². The van der Waals surface area contributed by atoms with E-state index in [2.05, 4.69) is 16.0 Å². The first-order valence-corrected chi connectivity index (χ1v) is 8.88. The Balaban J connectivity index is 1.77. The van der Waals surface area contributed by atoms with Crippen LogP contribution >= 0.6 is 0 Å². The summed E-state index contributed by atoms with van der Waals surface area (Å²) >= 11 is 0. The second-order valence-corrected chi connectivity index (χ2v) is 6.11. The quantitative estimate of drug-likeness (QED) is 0.555. The fourth-order valence-corrected chi connectivity index (χ4v) is 2.60. The lowest BCUT2D eigenvalue weighted by molar-refractivity contribution is -0.115. The summed E-state index contributed by atoms with van der Waals surface area (Å²) in [5, 5.41) is 8.72. The van der Waals surface area contributed by atoms with Crippen LogP contribution in [0.2, 0.25) is 0 Å². The van der Waals surface area contributed by atoms with Gasteiger partial charge >= 0.3 is 0 Å². The molecule has 0 saturated carbocycles. The normalized spacial score (nSPS) is 10.2. The zero-order valence-electron chi connectivity index (χ0n) is 15.3. The number of carbonyl (C=O) groups is 2. The smallest absolute Gasteiger partial charge is 0.257 e. The highest BCUT2D eigenvalue weighted by atomic mass is 19.1. The molecule has 0 radical (unpaired) electrons. The topological polar surface area (TPSA) is 70.2 Å². The van der Waals surface area contributed by atoms with Crippen molar-refractivity contribution in [2.75, 3.05) is 16.0 Å². The van der Waals surface area contributed by atoms with Crippen LogP contribution in [0.1, 0.15) is 23.7 Å². The number of hydrogen-bond acceptors (Lipinski definition) is 3. The van der Waals surface area contributed by atoms with E-state index < -0.39 is 0 Å². The molecule has 3 aromatic rings. The van der Waals surface area contributed by atoms with Crippen molar-refractivity contribution in [3.8, 4) is 0 Å². The predicted octanol–water partition coefficient (Wildman–Crippen LogP) is 5.17. The molecule has 0 unspecified atom stereocenters. The van der Waals surface area contributed by atoms with Gasteiger partial charge in [-0.05, 0) is 54.6 Å². The van der Waals surface area contributed by atoms with Gasteiger partial charge in [-0.2, -0.15) is 0 Å². The van der Waals surface area contributed by atoms with Crippen LogP contribution in [0.3, 0.4) is 0 Å². The highest BCUT2D eigenvalue weighted by Gasteiger charge is 2.12. The fourth-order valence-electron chi connectivity index (χ4n) is 2.60. The minimum absolute atomic E-state index is 0.0997. The summed E-state index contributed by atoms with van der Waals surface area (Å²) in [5.74, 6) is -0.729. The third-order valence-electron chi connectivity index (χ3n) is 4.02. The summed E-state index contributed by atoms with van der Waals surface area (Å²) in [7, 11) is 0. The molecule has 3 N–H and O–H groups in total. The molecule has 0 aliphatic carbocycles. The summed E-state index contributed by atoms with van der Waals surface area (Å²) in [6.45, 7) is 1.77. The second-order valence-electron chi connectivity index (χ2n) is 6.11. The van der Waals surface area contributed by atoms with Gasteiger partial charge in [0.25, 0.3) is 5.91 Å². The van der Waals surface area contributed by atoms with Gasteiger partial charge in [-0.3, -0.25) is 9.59 Å². The zero-order chi connectivity index (χ0) is 19.9. The van der Waals surface area contributed by atoms with E-state index in [1.54, 1.807) is 61.5 Å². The van der Waals surface area contributed by atoms with Crippen molar-refractivity contribution in [2.24, 2.45) is 0 Å². The third kappa shape index (κ3) is 4.94. The van der Waals surface area contributed by atoms with Crippen molar-refractivity contribution < 1.29 is 14.0 Å². The lowest BCUT2D eigenvalue weighted by Gasteiger charge is -2.13. The largest absolute Gasteiger partial charge is 0.355 e. The van der Waals surface area contributed by atoms with Gasteiger partial charge < -0.3 is 16.0 Å². The standard InChI is InChI=1S/C22H20FN3O2/c1-2-21(27)25-17-6-5-7-18(14-17)26-22(28)19-8-3-4-9-20(19)24-16-12-10-15(23)11-13-16/h3-14,24H,2H2,1H3,(H,25,27)(H,26,28). The summed E-state index contributed by atoms with van der Waals surface area (Å²) in [6.07, 6.45) is 0.374. The van der Waals surface area contributed by atoms with Crippen LogP contribution in [0.5, 0.6) is 0 Å². The molecule has 2 amide bonds. The number of hydrogen-bond donors (Lipinski definition) is 3. The van der Waals surface area contributed by atoms with E-state index in [-0.39, 0.29) is 17.6 Å². The van der Waals surface area contributed by atoms with Gasteiger partial charge in [0.2, 0.25) is 5.91 Å². The molecular weight excluding hydrogens is 357 g/mol. The fraction of sp³-hybridized carbons (Fsp3) is 0.0909. The van der Waals surface area contributed by atoms with Crippen LogP contribution < -0.4 is 16.0 Å². The third-order valence-corrected chi connectivity index (χ3v) is 4.02. The molecule has 28 heavy (non-hydrogen) atoms. The number of para-hydroxylation sites is 1. The molecule has 0 aliphatic heterocycles. The lowest BCUT2D eigenvalue weighted by Crippen LogP contribution is -2.14. The maximum atomic E-state index is 13.1. The molecule has 0 spiro atoms. The SMILES string of the molecule is CCC(=O)Nc1cccc(NC(=O)c2ccccc2Nc2ccc(F)cc2)c1. The molecule has 142 valence electrons. The minimum atomic E-state index is -0.327. The highest BCUT2D eigenvalue weighted by Crippen LogP contribution is 2.23. The Morgan fingerprint density at radius 1 is 0.821 bits per heavy atom. The number of rotatable bonds is 6. The molecule has 3 aromatic carbocycles. The Hall–Kier alpha value is -3.67. The van der Waals surface area contributed by atoms with Crippen molar-refractivity contribution >= 4 is 34.6 Å². The van der Waals surface area contributed by atoms with E-state index in [0.717, 1.165) is 0 Å². The second kappa shape index (κ2) is 8.81. The Morgan fingerprint density at radius 2 is 1.50 bits per heavy atom. The Labute approximate surface area is 162 Å². The minimum Gasteiger partial charge on any atom is -0.355 e. The summed E-state index contributed by atoms with van der Waals surface area (Å²) in [5.41, 5.74) is 2.89. The van der Waals surface area contributed by atoms with Crippen molar-refractivity contribution in [3.63, 3.8) is 0 Å². The van der Waals surface area contributed by atoms with Gasteiger partial charge in [0.05, 0.1) is 11.3 Å². The van der Waals surface area contributed by atoms with E-state index in [1.807, 2.05) is 6.07 Å². The number of carbonyl (C=O) groups excluding carboxylic acids is 2. The summed E-state index contributed by atoms with van der Waals surface area (Å²) < 4.78 is 13.1. The molecule has 0 heterocycles. The molecule has 0 aliphatic rings. The van der Waals surface area contributed by atoms with Gasteiger partial charge in [-0.15, -0.1) is 0 Å². The Morgan fingerprint density at radius 3 is 2.21 bits per heavy atom. The van der Waals surface area contributed by atoms with E-state index in [9.17, 15) is 14.0 Å². The average Bonchev–Trinajstić information content (AvgIpc) is 2.70. The van der Waals surface area contributed by atoms with E-state index in [1.165, 1.54) is 12.1 Å². The van der Waals surface area contributed by atoms with Crippen LogP contribution in [0.4, 0.5) is 27.1 Å². The number of benzene rings is 3. The number of nitrogens with one attached hydrogen (secondary N) is 3. The van der Waals surface area contributed by atoms with Crippen LogP contribution in [-0.4, -0.2) is 11.8 Å². The van der Waals surface area contributed by atoms with Crippen LogP contribution in [-0.2, 0) is 4.79 Å². The van der Waals surface area contributed by atoms with Gasteiger partial charge in [0.15, 0.2) is 0 Å². The molecule has 0 aromatic heterocycles. The first-order valence-electron chi connectivity index (χ1n) is 8.88. The van der Waals surface area contributed by atoms with Crippen molar-refractivity contribution in [2.45, 2.75) is 13.3 Å². The van der Waals surface area contributed by atoms with Crippen LogP contribution in [0.25, 0.3) is 0 Å². The summed E-state index contributed by atoms with van der Waals surface area (Å²) in [4.78, 5) is 24.3. The first-order chi connectivity index (χ1) is 13.5. The lowest BCUT2D eigenvalue weighted by atomic mass is 10.1. The molecule has 5 nitrogen and oxygen atoms in total. The molecule has 0 saturated heterocycles. The molecule has 0 atom stereocenters. The number of anilines is 4.